The van der Waals surface area contributed by atoms with Crippen molar-refractivity contribution in [2.45, 2.75) is 38.6 Å². The Morgan fingerprint density at radius 2 is 2.12 bits per heavy atom. The molecule has 98 valence electrons. The number of rotatable bonds is 5. The summed E-state index contributed by atoms with van der Waals surface area (Å²) in [5.41, 5.74) is 5.31. The second-order valence-corrected chi connectivity index (χ2v) is 4.78. The van der Waals surface area contributed by atoms with Crippen molar-refractivity contribution in [3.63, 3.8) is 0 Å². The van der Waals surface area contributed by atoms with Crippen LogP contribution >= 0.6 is 0 Å². The van der Waals surface area contributed by atoms with Gasteiger partial charge in [-0.2, -0.15) is 0 Å². The van der Waals surface area contributed by atoms with Crippen molar-refractivity contribution in [2.75, 3.05) is 20.1 Å². The van der Waals surface area contributed by atoms with Crippen molar-refractivity contribution in [2.24, 2.45) is 11.7 Å². The molecule has 0 aromatic carbocycles. The Morgan fingerprint density at radius 3 is 2.71 bits per heavy atom. The van der Waals surface area contributed by atoms with E-state index in [0.717, 1.165) is 25.8 Å². The van der Waals surface area contributed by atoms with E-state index in [1.54, 1.807) is 0 Å². The number of carbonyl (C=O) groups excluding carboxylic acids is 2. The summed E-state index contributed by atoms with van der Waals surface area (Å²) < 4.78 is 0. The predicted octanol–water partition coefficient (Wildman–Crippen LogP) is 0.0984. The molecule has 17 heavy (non-hydrogen) atoms. The van der Waals surface area contributed by atoms with Gasteiger partial charge in [0.15, 0.2) is 0 Å². The molecule has 0 bridgehead atoms. The van der Waals surface area contributed by atoms with Crippen molar-refractivity contribution < 1.29 is 9.59 Å². The first-order valence-corrected chi connectivity index (χ1v) is 6.29. The fourth-order valence-corrected chi connectivity index (χ4v) is 2.25. The molecule has 5 heteroatoms. The first kappa shape index (κ1) is 14.0. The van der Waals surface area contributed by atoms with E-state index >= 15 is 0 Å². The molecule has 0 aromatic rings. The van der Waals surface area contributed by atoms with E-state index < -0.39 is 0 Å². The monoisotopic (exact) mass is 241 g/mol. The fourth-order valence-electron chi connectivity index (χ4n) is 2.25. The normalized spacial score (nSPS) is 24.7. The Hall–Kier alpha value is -1.10. The van der Waals surface area contributed by atoms with Crippen molar-refractivity contribution in [1.29, 1.82) is 0 Å². The smallest absolute Gasteiger partial charge is 0.222 e. The van der Waals surface area contributed by atoms with Gasteiger partial charge >= 0.3 is 0 Å². The highest BCUT2D eigenvalue weighted by Gasteiger charge is 2.30. The number of primary amides is 1. The van der Waals surface area contributed by atoms with Gasteiger partial charge in [0, 0.05) is 19.0 Å². The van der Waals surface area contributed by atoms with Gasteiger partial charge in [0.2, 0.25) is 11.8 Å². The zero-order valence-corrected chi connectivity index (χ0v) is 10.7. The zero-order valence-electron chi connectivity index (χ0n) is 10.7. The zero-order chi connectivity index (χ0) is 12.8. The lowest BCUT2D eigenvalue weighted by Crippen LogP contribution is -2.48. The first-order valence-electron chi connectivity index (χ1n) is 6.29. The fraction of sp³-hybridized carbons (Fsp3) is 0.833. The minimum absolute atomic E-state index is 0.138. The number of nitrogens with one attached hydrogen (secondary N) is 1. The molecule has 1 aliphatic rings. The molecule has 0 spiro atoms. The molecule has 1 saturated heterocycles. The molecule has 3 N–H and O–H groups in total. The average molecular weight is 241 g/mol. The summed E-state index contributed by atoms with van der Waals surface area (Å²) in [5, 5.41) is 3.02. The van der Waals surface area contributed by atoms with Gasteiger partial charge < -0.3 is 16.0 Å². The highest BCUT2D eigenvalue weighted by atomic mass is 16.2. The quantitative estimate of drug-likeness (QED) is 0.670. The van der Waals surface area contributed by atoms with Crippen LogP contribution in [0.2, 0.25) is 0 Å². The third kappa shape index (κ3) is 4.00. The van der Waals surface area contributed by atoms with Crippen LogP contribution in [0.25, 0.3) is 0 Å². The van der Waals surface area contributed by atoms with Gasteiger partial charge in [-0.1, -0.05) is 0 Å². The van der Waals surface area contributed by atoms with Crippen molar-refractivity contribution >= 4 is 11.8 Å². The van der Waals surface area contributed by atoms with E-state index in [4.69, 9.17) is 5.73 Å². The van der Waals surface area contributed by atoms with Gasteiger partial charge in [-0.3, -0.25) is 9.59 Å². The maximum Gasteiger partial charge on any atom is 0.222 e. The van der Waals surface area contributed by atoms with Crippen LogP contribution in [0, 0.1) is 5.92 Å². The van der Waals surface area contributed by atoms with E-state index in [1.165, 1.54) is 0 Å². The number of nitrogens with two attached hydrogens (primary N) is 1. The number of likely N-dealkylation sites (tertiary alicyclic amines) is 1. The second-order valence-electron chi connectivity index (χ2n) is 4.78. The third-order valence-corrected chi connectivity index (χ3v) is 3.42. The molecule has 0 aromatic heterocycles. The Balaban J connectivity index is 2.48. The van der Waals surface area contributed by atoms with Gasteiger partial charge in [-0.05, 0) is 39.8 Å². The number of hydrogen-bond acceptors (Lipinski definition) is 3. The van der Waals surface area contributed by atoms with Crippen LogP contribution in [0.5, 0.6) is 0 Å². The third-order valence-electron chi connectivity index (χ3n) is 3.42. The SMILES string of the molecule is CNCCCC(=O)N1CC(C(N)=O)CCC1C. The van der Waals surface area contributed by atoms with Crippen LogP contribution in [-0.4, -0.2) is 42.9 Å². The molecule has 2 atom stereocenters. The number of nitrogens with zero attached hydrogens (tertiary/aromatic N) is 1. The van der Waals surface area contributed by atoms with Crippen molar-refractivity contribution in [3.05, 3.63) is 0 Å². The van der Waals surface area contributed by atoms with Crippen LogP contribution in [0.4, 0.5) is 0 Å². The Bertz CT molecular complexity index is 281. The molecule has 0 aliphatic carbocycles. The number of carbonyl (C=O) groups is 2. The maximum atomic E-state index is 12.0. The minimum atomic E-state index is -0.287. The average Bonchev–Trinajstić information content (AvgIpc) is 2.29. The summed E-state index contributed by atoms with van der Waals surface area (Å²) in [7, 11) is 1.87. The number of piperidine rings is 1. The van der Waals surface area contributed by atoms with E-state index in [9.17, 15) is 9.59 Å². The van der Waals surface area contributed by atoms with Crippen LogP contribution < -0.4 is 11.1 Å². The van der Waals surface area contributed by atoms with Crippen molar-refractivity contribution in [1.82, 2.24) is 10.2 Å². The number of amides is 2. The molecular formula is C12H23N3O2. The van der Waals surface area contributed by atoms with Crippen LogP contribution in [-0.2, 0) is 9.59 Å². The molecule has 1 aliphatic heterocycles. The first-order chi connectivity index (χ1) is 8.06. The van der Waals surface area contributed by atoms with Crippen LogP contribution in [0.15, 0.2) is 0 Å². The molecule has 5 nitrogen and oxygen atoms in total. The van der Waals surface area contributed by atoms with Gasteiger partial charge in [0.05, 0.1) is 5.92 Å². The van der Waals surface area contributed by atoms with Gasteiger partial charge in [0.1, 0.15) is 0 Å². The largest absolute Gasteiger partial charge is 0.369 e. The lowest BCUT2D eigenvalue weighted by molar-refractivity contribution is -0.137. The summed E-state index contributed by atoms with van der Waals surface area (Å²) in [6.45, 7) is 3.37. The summed E-state index contributed by atoms with van der Waals surface area (Å²) in [5.74, 6) is -0.317. The molecule has 2 unspecified atom stereocenters. The summed E-state index contributed by atoms with van der Waals surface area (Å²) >= 11 is 0. The second kappa shape index (κ2) is 6.59. The van der Waals surface area contributed by atoms with Gasteiger partial charge in [0.25, 0.3) is 0 Å². The predicted molar refractivity (Wildman–Crippen MR) is 66.3 cm³/mol. The van der Waals surface area contributed by atoms with Gasteiger partial charge in [-0.25, -0.2) is 0 Å². The Kier molecular flexibility index (Phi) is 5.41. The van der Waals surface area contributed by atoms with Crippen molar-refractivity contribution in [3.8, 4) is 0 Å². The van der Waals surface area contributed by atoms with E-state index in [0.29, 0.717) is 13.0 Å². The van der Waals surface area contributed by atoms with E-state index in [2.05, 4.69) is 5.32 Å². The van der Waals surface area contributed by atoms with Gasteiger partial charge in [-0.15, -0.1) is 0 Å². The maximum absolute atomic E-state index is 12.0. The highest BCUT2D eigenvalue weighted by molar-refractivity contribution is 5.80. The molecule has 1 heterocycles. The van der Waals surface area contributed by atoms with Crippen LogP contribution in [0.1, 0.15) is 32.6 Å². The summed E-state index contributed by atoms with van der Waals surface area (Å²) in [6.07, 6.45) is 3.04. The molecule has 0 saturated carbocycles. The lowest BCUT2D eigenvalue weighted by atomic mass is 9.92. The van der Waals surface area contributed by atoms with E-state index in [-0.39, 0.29) is 23.8 Å². The molecule has 0 radical (unpaired) electrons. The number of hydrogen-bond donors (Lipinski definition) is 2. The molecular weight excluding hydrogens is 218 g/mol. The summed E-state index contributed by atoms with van der Waals surface area (Å²) in [6, 6.07) is 0.229. The lowest BCUT2D eigenvalue weighted by Gasteiger charge is -2.37. The Labute approximate surface area is 103 Å². The standard InChI is InChI=1S/C12H23N3O2/c1-9-5-6-10(12(13)17)8-15(9)11(16)4-3-7-14-2/h9-10,14H,3-8H2,1-2H3,(H2,13,17). The highest BCUT2D eigenvalue weighted by Crippen LogP contribution is 2.22. The van der Waals surface area contributed by atoms with E-state index in [1.807, 2.05) is 18.9 Å². The minimum Gasteiger partial charge on any atom is -0.369 e. The van der Waals surface area contributed by atoms with Crippen LogP contribution in [0.3, 0.4) is 0 Å². The molecule has 1 rings (SSSR count). The summed E-state index contributed by atoms with van der Waals surface area (Å²) in [4.78, 5) is 25.0. The molecule has 2 amide bonds. The topological polar surface area (TPSA) is 75.4 Å². The molecule has 1 fully saturated rings. The Morgan fingerprint density at radius 1 is 1.41 bits per heavy atom.